The summed E-state index contributed by atoms with van der Waals surface area (Å²) in [7, 11) is 0. The first-order valence-electron chi connectivity index (χ1n) is 12.2. The molecule has 0 saturated carbocycles. The lowest BCUT2D eigenvalue weighted by Gasteiger charge is -2.35. The van der Waals surface area contributed by atoms with Gasteiger partial charge in [0.25, 0.3) is 5.91 Å². The molecule has 6 nitrogen and oxygen atoms in total. The first-order valence-corrected chi connectivity index (χ1v) is 12.6. The lowest BCUT2D eigenvalue weighted by Crippen LogP contribution is -2.45. The highest BCUT2D eigenvalue weighted by atomic mass is 35.5. The van der Waals surface area contributed by atoms with E-state index in [4.69, 9.17) is 11.6 Å². The summed E-state index contributed by atoms with van der Waals surface area (Å²) >= 11 is 6.34. The number of benzene rings is 2. The molecule has 36 heavy (non-hydrogen) atoms. The first-order chi connectivity index (χ1) is 17.7. The van der Waals surface area contributed by atoms with Gasteiger partial charge in [-0.15, -0.1) is 0 Å². The van der Waals surface area contributed by atoms with Crippen LogP contribution in [-0.4, -0.2) is 47.0 Å². The summed E-state index contributed by atoms with van der Waals surface area (Å²) in [6.45, 7) is 4.38. The summed E-state index contributed by atoms with van der Waals surface area (Å²) < 4.78 is 0. The van der Waals surface area contributed by atoms with Crippen LogP contribution >= 0.6 is 11.6 Å². The quantitative estimate of drug-likeness (QED) is 0.424. The maximum Gasteiger partial charge on any atom is 0.260 e. The Hall–Kier alpha value is -3.58. The van der Waals surface area contributed by atoms with Gasteiger partial charge in [-0.3, -0.25) is 19.7 Å². The molecule has 1 unspecified atom stereocenters. The Morgan fingerprint density at radius 2 is 1.67 bits per heavy atom. The van der Waals surface area contributed by atoms with Crippen molar-refractivity contribution in [3.8, 4) is 11.1 Å². The van der Waals surface area contributed by atoms with Crippen molar-refractivity contribution in [2.75, 3.05) is 31.1 Å². The van der Waals surface area contributed by atoms with Crippen molar-refractivity contribution in [2.45, 2.75) is 12.6 Å². The smallest absolute Gasteiger partial charge is 0.260 e. The summed E-state index contributed by atoms with van der Waals surface area (Å²) in [5.41, 5.74) is 6.79. The van der Waals surface area contributed by atoms with Crippen LogP contribution in [0.1, 0.15) is 33.1 Å². The monoisotopic (exact) mass is 495 g/mol. The second-order valence-electron chi connectivity index (χ2n) is 9.19. The lowest BCUT2D eigenvalue weighted by atomic mass is 9.96. The van der Waals surface area contributed by atoms with E-state index in [1.54, 1.807) is 11.0 Å². The molecule has 2 aromatic heterocycles. The molecule has 1 amide bonds. The maximum absolute atomic E-state index is 13.2. The molecular weight excluding hydrogens is 470 g/mol. The highest BCUT2D eigenvalue weighted by Crippen LogP contribution is 2.35. The number of carbonyl (C=O) groups excluding carboxylic acids is 1. The molecule has 1 N–H and O–H groups in total. The molecule has 4 aromatic rings. The van der Waals surface area contributed by atoms with Crippen molar-refractivity contribution in [3.63, 3.8) is 0 Å². The Labute approximate surface area is 215 Å². The number of aromatic nitrogens is 2. The number of pyridine rings is 2. The number of rotatable bonds is 5. The van der Waals surface area contributed by atoms with E-state index >= 15 is 0 Å². The van der Waals surface area contributed by atoms with Gasteiger partial charge in [0.2, 0.25) is 0 Å². The molecule has 0 spiro atoms. The van der Waals surface area contributed by atoms with E-state index in [1.165, 1.54) is 5.56 Å². The molecule has 0 radical (unpaired) electrons. The summed E-state index contributed by atoms with van der Waals surface area (Å²) in [6.07, 6.45) is 7.55. The molecule has 0 aliphatic carbocycles. The van der Waals surface area contributed by atoms with Crippen molar-refractivity contribution in [1.82, 2.24) is 20.2 Å². The lowest BCUT2D eigenvalue weighted by molar-refractivity contribution is 0.0997. The Morgan fingerprint density at radius 3 is 2.47 bits per heavy atom. The fourth-order valence-corrected chi connectivity index (χ4v) is 5.52. The average molecular weight is 496 g/mol. The molecule has 1 fully saturated rings. The van der Waals surface area contributed by atoms with Gasteiger partial charge in [-0.05, 0) is 58.7 Å². The Morgan fingerprint density at radius 1 is 0.861 bits per heavy atom. The van der Waals surface area contributed by atoms with E-state index in [0.29, 0.717) is 17.1 Å². The van der Waals surface area contributed by atoms with Crippen LogP contribution in [0.25, 0.3) is 11.1 Å². The van der Waals surface area contributed by atoms with Crippen molar-refractivity contribution < 1.29 is 4.79 Å². The molecule has 2 aromatic carbocycles. The van der Waals surface area contributed by atoms with Crippen LogP contribution in [-0.2, 0) is 6.54 Å². The molecule has 2 aliphatic heterocycles. The van der Waals surface area contributed by atoms with Gasteiger partial charge in [0, 0.05) is 62.2 Å². The van der Waals surface area contributed by atoms with Crippen LogP contribution < -0.4 is 10.2 Å². The molecule has 2 aliphatic rings. The molecule has 180 valence electrons. The highest BCUT2D eigenvalue weighted by molar-refractivity contribution is 6.35. The Bertz CT molecular complexity index is 1400. The van der Waals surface area contributed by atoms with Gasteiger partial charge >= 0.3 is 0 Å². The average Bonchev–Trinajstić information content (AvgIpc) is 3.28. The number of amides is 1. The fraction of sp³-hybridized carbons (Fsp3) is 0.207. The second kappa shape index (κ2) is 9.82. The minimum atomic E-state index is -0.0592. The minimum absolute atomic E-state index is 0.0592. The Balaban J connectivity index is 1.34. The zero-order valence-corrected chi connectivity index (χ0v) is 20.5. The second-order valence-corrected chi connectivity index (χ2v) is 9.60. The summed E-state index contributed by atoms with van der Waals surface area (Å²) in [6, 6.07) is 20.2. The molecule has 6 rings (SSSR count). The van der Waals surface area contributed by atoms with Gasteiger partial charge in [-0.25, -0.2) is 0 Å². The van der Waals surface area contributed by atoms with Crippen molar-refractivity contribution in [1.29, 1.82) is 0 Å². The topological polar surface area (TPSA) is 61.4 Å². The largest absolute Gasteiger partial charge is 0.314 e. The summed E-state index contributed by atoms with van der Waals surface area (Å²) in [4.78, 5) is 26.3. The van der Waals surface area contributed by atoms with Crippen molar-refractivity contribution in [2.24, 2.45) is 0 Å². The molecule has 7 heteroatoms. The van der Waals surface area contributed by atoms with Crippen LogP contribution in [0.15, 0.2) is 85.5 Å². The number of fused-ring (bicyclic) bond motifs is 1. The van der Waals surface area contributed by atoms with Crippen molar-refractivity contribution in [3.05, 3.63) is 113 Å². The Kier molecular flexibility index (Phi) is 6.23. The standard InChI is InChI=1S/C29H26ClN5O/c30-26-6-2-4-22-19-35(29(36)27(22)26)25-5-1-3-21(16-25)23-15-24(18-33-17-23)28(20-7-9-31-10-8-20)34-13-11-32-12-14-34/h1-10,15-18,28,32H,11-14,19H2. The van der Waals surface area contributed by atoms with Gasteiger partial charge in [0.05, 0.1) is 23.2 Å². The number of piperazine rings is 1. The van der Waals surface area contributed by atoms with Crippen LogP contribution in [0.4, 0.5) is 5.69 Å². The van der Waals surface area contributed by atoms with Crippen LogP contribution in [0.5, 0.6) is 0 Å². The first kappa shape index (κ1) is 22.9. The van der Waals surface area contributed by atoms with E-state index in [2.05, 4.69) is 50.5 Å². The third kappa shape index (κ3) is 4.28. The number of hydrogen-bond donors (Lipinski definition) is 1. The van der Waals surface area contributed by atoms with Gasteiger partial charge in [-0.2, -0.15) is 0 Å². The summed E-state index contributed by atoms with van der Waals surface area (Å²) in [5.74, 6) is -0.0592. The van der Waals surface area contributed by atoms with Gasteiger partial charge in [0.15, 0.2) is 0 Å². The minimum Gasteiger partial charge on any atom is -0.314 e. The van der Waals surface area contributed by atoms with Crippen LogP contribution in [0, 0.1) is 0 Å². The van der Waals surface area contributed by atoms with Gasteiger partial charge in [0.1, 0.15) is 0 Å². The third-order valence-electron chi connectivity index (χ3n) is 6.99. The van der Waals surface area contributed by atoms with Crippen LogP contribution in [0.2, 0.25) is 5.02 Å². The zero-order chi connectivity index (χ0) is 24.5. The third-order valence-corrected chi connectivity index (χ3v) is 7.31. The van der Waals surface area contributed by atoms with E-state index in [0.717, 1.165) is 54.1 Å². The predicted molar refractivity (Wildman–Crippen MR) is 142 cm³/mol. The fourth-order valence-electron chi connectivity index (χ4n) is 5.24. The number of anilines is 1. The van der Waals surface area contributed by atoms with E-state index < -0.39 is 0 Å². The SMILES string of the molecule is O=C1c2c(Cl)cccc2CN1c1cccc(-c2cncc(C(c3ccncc3)N3CCNCC3)c2)c1. The molecule has 1 atom stereocenters. The molecule has 1 saturated heterocycles. The molecule has 0 bridgehead atoms. The summed E-state index contributed by atoms with van der Waals surface area (Å²) in [5, 5.41) is 3.95. The van der Waals surface area contributed by atoms with Crippen LogP contribution in [0.3, 0.4) is 0 Å². The number of nitrogens with zero attached hydrogens (tertiary/aromatic N) is 4. The van der Waals surface area contributed by atoms with E-state index in [1.807, 2.05) is 49.1 Å². The molecular formula is C29H26ClN5O. The highest BCUT2D eigenvalue weighted by Gasteiger charge is 2.30. The number of halogens is 1. The van der Waals surface area contributed by atoms with E-state index in [9.17, 15) is 4.79 Å². The van der Waals surface area contributed by atoms with E-state index in [-0.39, 0.29) is 11.9 Å². The van der Waals surface area contributed by atoms with Gasteiger partial charge in [-0.1, -0.05) is 35.9 Å². The molecule has 4 heterocycles. The number of hydrogen-bond acceptors (Lipinski definition) is 5. The number of nitrogens with one attached hydrogen (secondary N) is 1. The maximum atomic E-state index is 13.2. The normalized spacial score (nSPS) is 16.7. The zero-order valence-electron chi connectivity index (χ0n) is 19.8. The van der Waals surface area contributed by atoms with Gasteiger partial charge < -0.3 is 10.2 Å². The van der Waals surface area contributed by atoms with Crippen molar-refractivity contribution >= 4 is 23.2 Å². The predicted octanol–water partition coefficient (Wildman–Crippen LogP) is 4.95. The number of carbonyl (C=O) groups is 1.